The van der Waals surface area contributed by atoms with Crippen LogP contribution in [0.25, 0.3) is 0 Å². The number of hydrogen-bond acceptors (Lipinski definition) is 1. The summed E-state index contributed by atoms with van der Waals surface area (Å²) in [4.78, 5) is 0. The number of hydrogen-bond donors (Lipinski definition) is 1. The summed E-state index contributed by atoms with van der Waals surface area (Å²) >= 11 is 5.42. The predicted octanol–water partition coefficient (Wildman–Crippen LogP) is 2.65. The van der Waals surface area contributed by atoms with Crippen molar-refractivity contribution in [2.24, 2.45) is 0 Å². The second-order valence-corrected chi connectivity index (χ2v) is 3.49. The Labute approximate surface area is 79.7 Å². The van der Waals surface area contributed by atoms with E-state index in [9.17, 15) is 8.78 Å². The number of halogens is 3. The summed E-state index contributed by atoms with van der Waals surface area (Å²) in [7, 11) is 0. The smallest absolute Gasteiger partial charge is 0.142 e. The van der Waals surface area contributed by atoms with Crippen LogP contribution in [0.3, 0.4) is 0 Å². The summed E-state index contributed by atoms with van der Waals surface area (Å²) in [5, 5.41) is 2.83. The molecular formula is C9H8ClF2N. The molecule has 0 bridgehead atoms. The van der Waals surface area contributed by atoms with Gasteiger partial charge in [-0.05, 0) is 25.1 Å². The van der Waals surface area contributed by atoms with E-state index in [0.717, 1.165) is 25.1 Å². The summed E-state index contributed by atoms with van der Waals surface area (Å²) in [6.07, 6.45) is 0.845. The zero-order valence-corrected chi connectivity index (χ0v) is 7.54. The molecule has 4 heteroatoms. The average Bonchev–Trinajstić information content (AvgIpc) is 1.96. The van der Waals surface area contributed by atoms with E-state index in [4.69, 9.17) is 11.6 Å². The normalized spacial score (nSPS) is 21.3. The first kappa shape index (κ1) is 8.91. The maximum absolute atomic E-state index is 13.2. The molecule has 1 saturated heterocycles. The summed E-state index contributed by atoms with van der Waals surface area (Å²) in [5.74, 6) is -1.00. The van der Waals surface area contributed by atoms with Gasteiger partial charge in [-0.2, -0.15) is 0 Å². The Bertz CT molecular complexity index is 337. The second kappa shape index (κ2) is 3.24. The van der Waals surface area contributed by atoms with Gasteiger partial charge in [0.1, 0.15) is 11.6 Å². The van der Waals surface area contributed by atoms with Crippen LogP contribution in [-0.4, -0.2) is 6.54 Å². The zero-order valence-electron chi connectivity index (χ0n) is 6.78. The fourth-order valence-electron chi connectivity index (χ4n) is 1.36. The molecular weight excluding hydrogens is 196 g/mol. The van der Waals surface area contributed by atoms with Crippen molar-refractivity contribution in [2.45, 2.75) is 12.5 Å². The molecule has 1 N–H and O–H groups in total. The highest BCUT2D eigenvalue weighted by atomic mass is 35.5. The highest BCUT2D eigenvalue weighted by Crippen LogP contribution is 2.28. The minimum Gasteiger partial charge on any atom is -0.310 e. The Morgan fingerprint density at radius 3 is 2.54 bits per heavy atom. The Kier molecular flexibility index (Phi) is 2.22. The summed E-state index contributed by atoms with van der Waals surface area (Å²) in [6, 6.07) is 2.13. The summed E-state index contributed by atoms with van der Waals surface area (Å²) < 4.78 is 26.2. The summed E-state index contributed by atoms with van der Waals surface area (Å²) in [5.41, 5.74) is 0.369. The molecule has 1 heterocycles. The maximum Gasteiger partial charge on any atom is 0.142 e. The van der Waals surface area contributed by atoms with Crippen LogP contribution in [0.5, 0.6) is 0 Å². The third-order valence-corrected chi connectivity index (χ3v) is 2.53. The van der Waals surface area contributed by atoms with E-state index in [1.807, 2.05) is 0 Å². The van der Waals surface area contributed by atoms with Gasteiger partial charge in [-0.3, -0.25) is 0 Å². The lowest BCUT2D eigenvalue weighted by Crippen LogP contribution is -2.35. The van der Waals surface area contributed by atoms with Gasteiger partial charge in [-0.1, -0.05) is 11.6 Å². The minimum absolute atomic E-state index is 0.0493. The average molecular weight is 204 g/mol. The molecule has 0 unspecified atom stereocenters. The molecule has 0 spiro atoms. The van der Waals surface area contributed by atoms with Crippen molar-refractivity contribution in [3.05, 3.63) is 34.4 Å². The minimum atomic E-state index is -0.563. The lowest BCUT2D eigenvalue weighted by molar-refractivity contribution is 0.368. The lowest BCUT2D eigenvalue weighted by atomic mass is 9.97. The van der Waals surface area contributed by atoms with Crippen LogP contribution < -0.4 is 5.32 Å². The van der Waals surface area contributed by atoms with Gasteiger partial charge >= 0.3 is 0 Å². The first-order chi connectivity index (χ1) is 6.18. The van der Waals surface area contributed by atoms with Gasteiger partial charge in [0, 0.05) is 11.6 Å². The van der Waals surface area contributed by atoms with Crippen molar-refractivity contribution in [2.75, 3.05) is 6.54 Å². The zero-order chi connectivity index (χ0) is 9.42. The van der Waals surface area contributed by atoms with Gasteiger partial charge in [0.25, 0.3) is 0 Å². The van der Waals surface area contributed by atoms with Crippen LogP contribution in [0.1, 0.15) is 18.0 Å². The van der Waals surface area contributed by atoms with E-state index >= 15 is 0 Å². The Morgan fingerprint density at radius 1 is 1.31 bits per heavy atom. The van der Waals surface area contributed by atoms with E-state index in [1.165, 1.54) is 0 Å². The first-order valence-electron chi connectivity index (χ1n) is 4.06. The van der Waals surface area contributed by atoms with E-state index in [-0.39, 0.29) is 11.1 Å². The van der Waals surface area contributed by atoms with Gasteiger partial charge in [0.2, 0.25) is 0 Å². The highest BCUT2D eigenvalue weighted by Gasteiger charge is 2.22. The standard InChI is InChI=1S/C9H8ClF2N/c10-6-4-7(11)5(3-8(6)12)9-1-2-13-9/h3-4,9,13H,1-2H2/t9-/m1/s1. The van der Waals surface area contributed by atoms with Gasteiger partial charge < -0.3 is 5.32 Å². The molecule has 1 aromatic carbocycles. The molecule has 1 aromatic rings. The first-order valence-corrected chi connectivity index (χ1v) is 4.44. The van der Waals surface area contributed by atoms with E-state index in [1.54, 1.807) is 0 Å². The van der Waals surface area contributed by atoms with Gasteiger partial charge in [-0.25, -0.2) is 8.78 Å². The van der Waals surface area contributed by atoms with Gasteiger partial charge in [0.15, 0.2) is 0 Å². The number of benzene rings is 1. The molecule has 0 aliphatic carbocycles. The van der Waals surface area contributed by atoms with Crippen molar-refractivity contribution in [1.29, 1.82) is 0 Å². The van der Waals surface area contributed by atoms with E-state index in [2.05, 4.69) is 5.32 Å². The second-order valence-electron chi connectivity index (χ2n) is 3.08. The largest absolute Gasteiger partial charge is 0.310 e. The van der Waals surface area contributed by atoms with Crippen molar-refractivity contribution >= 4 is 11.6 Å². The van der Waals surface area contributed by atoms with Gasteiger partial charge in [-0.15, -0.1) is 0 Å². The fraction of sp³-hybridized carbons (Fsp3) is 0.333. The van der Waals surface area contributed by atoms with E-state index < -0.39 is 11.6 Å². The lowest BCUT2D eigenvalue weighted by Gasteiger charge is -2.28. The third kappa shape index (κ3) is 1.54. The quantitative estimate of drug-likeness (QED) is 0.692. The highest BCUT2D eigenvalue weighted by molar-refractivity contribution is 6.30. The van der Waals surface area contributed by atoms with Crippen LogP contribution in [0.15, 0.2) is 12.1 Å². The van der Waals surface area contributed by atoms with Crippen molar-refractivity contribution < 1.29 is 8.78 Å². The molecule has 1 fully saturated rings. The number of rotatable bonds is 1. The van der Waals surface area contributed by atoms with Crippen LogP contribution >= 0.6 is 11.6 Å². The van der Waals surface area contributed by atoms with Crippen molar-refractivity contribution in [1.82, 2.24) is 5.32 Å². The van der Waals surface area contributed by atoms with Crippen molar-refractivity contribution in [3.8, 4) is 0 Å². The fourth-order valence-corrected chi connectivity index (χ4v) is 1.51. The molecule has 0 amide bonds. The van der Waals surface area contributed by atoms with Crippen molar-refractivity contribution in [3.63, 3.8) is 0 Å². The molecule has 1 aliphatic rings. The summed E-state index contributed by atoms with van der Waals surface area (Å²) in [6.45, 7) is 0.856. The maximum atomic E-state index is 13.2. The molecule has 1 atom stereocenters. The van der Waals surface area contributed by atoms with Gasteiger partial charge in [0.05, 0.1) is 5.02 Å². The molecule has 0 aromatic heterocycles. The molecule has 1 nitrogen and oxygen atoms in total. The monoisotopic (exact) mass is 203 g/mol. The molecule has 1 aliphatic heterocycles. The molecule has 13 heavy (non-hydrogen) atoms. The van der Waals surface area contributed by atoms with Crippen LogP contribution in [-0.2, 0) is 0 Å². The van der Waals surface area contributed by atoms with Crippen LogP contribution in [0, 0.1) is 11.6 Å². The topological polar surface area (TPSA) is 12.0 Å². The molecule has 0 saturated carbocycles. The number of nitrogens with one attached hydrogen (secondary N) is 1. The van der Waals surface area contributed by atoms with E-state index in [0.29, 0.717) is 5.56 Å². The third-order valence-electron chi connectivity index (χ3n) is 2.24. The Balaban J connectivity index is 2.39. The Morgan fingerprint density at radius 2 is 2.00 bits per heavy atom. The molecule has 70 valence electrons. The van der Waals surface area contributed by atoms with Crippen LogP contribution in [0.4, 0.5) is 8.78 Å². The SMILES string of the molecule is Fc1cc([C@H]2CCN2)c(F)cc1Cl. The Hall–Kier alpha value is -0.670. The molecule has 2 rings (SSSR count). The predicted molar refractivity (Wildman–Crippen MR) is 46.7 cm³/mol. The van der Waals surface area contributed by atoms with Crippen LogP contribution in [0.2, 0.25) is 5.02 Å². The molecule has 0 radical (unpaired) electrons.